The van der Waals surface area contributed by atoms with Crippen LogP contribution in [0.1, 0.15) is 44.8 Å². The Morgan fingerprint density at radius 1 is 1.33 bits per heavy atom. The topological polar surface area (TPSA) is 82.8 Å². The Bertz CT molecular complexity index is 548. The summed E-state index contributed by atoms with van der Waals surface area (Å²) in [5, 5.41) is 13.2. The summed E-state index contributed by atoms with van der Waals surface area (Å²) in [6.07, 6.45) is 5.66. The van der Waals surface area contributed by atoms with Crippen molar-refractivity contribution in [2.75, 3.05) is 6.54 Å². The number of hydrogen-bond acceptors (Lipinski definition) is 4. The number of furan rings is 1. The Labute approximate surface area is 123 Å². The molecule has 1 aromatic heterocycles. The van der Waals surface area contributed by atoms with Gasteiger partial charge in [-0.3, -0.25) is 9.69 Å². The zero-order chi connectivity index (χ0) is 15.1. The van der Waals surface area contributed by atoms with Crippen LogP contribution in [0.2, 0.25) is 0 Å². The average Bonchev–Trinajstić information content (AvgIpc) is 3.05. The summed E-state index contributed by atoms with van der Waals surface area (Å²) in [6.45, 7) is 1.67. The summed E-state index contributed by atoms with van der Waals surface area (Å²) in [6, 6.07) is 2.87. The van der Waals surface area contributed by atoms with Gasteiger partial charge in [0, 0.05) is 0 Å². The molecule has 21 heavy (non-hydrogen) atoms. The molecule has 114 valence electrons. The monoisotopic (exact) mass is 292 g/mol. The third-order valence-electron chi connectivity index (χ3n) is 4.53. The molecule has 2 aliphatic rings. The molecule has 3 rings (SSSR count). The maximum Gasteiger partial charge on any atom is 0.325 e. The van der Waals surface area contributed by atoms with Gasteiger partial charge in [0.1, 0.15) is 5.76 Å². The number of aliphatic hydroxyl groups is 1. The summed E-state index contributed by atoms with van der Waals surface area (Å²) in [7, 11) is 0. The van der Waals surface area contributed by atoms with Crippen LogP contribution in [-0.4, -0.2) is 34.1 Å². The quantitative estimate of drug-likeness (QED) is 0.831. The van der Waals surface area contributed by atoms with Crippen LogP contribution in [0.15, 0.2) is 22.8 Å². The molecule has 0 spiro atoms. The van der Waals surface area contributed by atoms with Crippen LogP contribution in [0, 0.1) is 0 Å². The molecule has 0 bridgehead atoms. The molecule has 2 fully saturated rings. The van der Waals surface area contributed by atoms with Gasteiger partial charge in [-0.1, -0.05) is 19.3 Å². The number of amides is 3. The molecule has 6 heteroatoms. The van der Waals surface area contributed by atoms with E-state index in [1.165, 1.54) is 6.26 Å². The first-order valence-electron chi connectivity index (χ1n) is 7.35. The van der Waals surface area contributed by atoms with Gasteiger partial charge in [-0.15, -0.1) is 0 Å². The van der Waals surface area contributed by atoms with Crippen LogP contribution < -0.4 is 5.32 Å². The summed E-state index contributed by atoms with van der Waals surface area (Å²) in [5.41, 5.74) is -2.15. The summed E-state index contributed by atoms with van der Waals surface area (Å²) < 4.78 is 5.28. The third kappa shape index (κ3) is 2.33. The van der Waals surface area contributed by atoms with Gasteiger partial charge >= 0.3 is 6.03 Å². The van der Waals surface area contributed by atoms with Crippen molar-refractivity contribution in [2.45, 2.75) is 50.2 Å². The maximum atomic E-state index is 12.6. The molecular formula is C15H20N2O4. The van der Waals surface area contributed by atoms with E-state index in [0.717, 1.165) is 24.2 Å². The van der Waals surface area contributed by atoms with Gasteiger partial charge in [-0.2, -0.15) is 0 Å². The van der Waals surface area contributed by atoms with Crippen molar-refractivity contribution in [2.24, 2.45) is 0 Å². The van der Waals surface area contributed by atoms with E-state index >= 15 is 0 Å². The number of nitrogens with one attached hydrogen (secondary N) is 1. The van der Waals surface area contributed by atoms with Gasteiger partial charge in [0.25, 0.3) is 5.91 Å². The third-order valence-corrected chi connectivity index (χ3v) is 4.53. The molecule has 0 aromatic carbocycles. The number of carbonyl (C=O) groups excluding carboxylic acids is 2. The fraction of sp³-hybridized carbons (Fsp3) is 0.600. The molecule has 0 unspecified atom stereocenters. The summed E-state index contributed by atoms with van der Waals surface area (Å²) in [5.74, 6) is 0.0282. The SMILES string of the molecule is C[C@@]1(c2ccco2)NC(=O)N(CC2(O)CCCCC2)C1=O. The first kappa shape index (κ1) is 14.1. The Morgan fingerprint density at radius 3 is 2.67 bits per heavy atom. The minimum atomic E-state index is -1.19. The summed E-state index contributed by atoms with van der Waals surface area (Å²) in [4.78, 5) is 25.9. The molecule has 6 nitrogen and oxygen atoms in total. The van der Waals surface area contributed by atoms with Crippen LogP contribution in [0.5, 0.6) is 0 Å². The molecule has 0 radical (unpaired) electrons. The highest BCUT2D eigenvalue weighted by Crippen LogP contribution is 2.33. The predicted octanol–water partition coefficient (Wildman–Crippen LogP) is 1.74. The second kappa shape index (κ2) is 4.87. The van der Waals surface area contributed by atoms with Crippen LogP contribution in [0.25, 0.3) is 0 Å². The lowest BCUT2D eigenvalue weighted by Gasteiger charge is -2.34. The number of urea groups is 1. The second-order valence-electron chi connectivity index (χ2n) is 6.21. The molecular weight excluding hydrogens is 272 g/mol. The van der Waals surface area contributed by atoms with Gasteiger partial charge in [-0.05, 0) is 31.9 Å². The van der Waals surface area contributed by atoms with Gasteiger partial charge in [0.2, 0.25) is 0 Å². The van der Waals surface area contributed by atoms with Crippen molar-refractivity contribution in [1.29, 1.82) is 0 Å². The molecule has 3 amide bonds. The largest absolute Gasteiger partial charge is 0.466 e. The minimum absolute atomic E-state index is 0.0496. The fourth-order valence-electron chi connectivity index (χ4n) is 3.23. The molecule has 2 N–H and O–H groups in total. The van der Waals surface area contributed by atoms with E-state index in [4.69, 9.17) is 4.42 Å². The highest BCUT2D eigenvalue weighted by molar-refractivity contribution is 6.06. The van der Waals surface area contributed by atoms with Gasteiger partial charge in [-0.25, -0.2) is 4.79 Å². The van der Waals surface area contributed by atoms with Gasteiger partial charge in [0.05, 0.1) is 18.4 Å². The second-order valence-corrected chi connectivity index (χ2v) is 6.21. The number of rotatable bonds is 3. The first-order chi connectivity index (χ1) is 9.95. The van der Waals surface area contributed by atoms with E-state index in [9.17, 15) is 14.7 Å². The number of β-amino-alcohol motifs (C(OH)–C–C–N with tert-alkyl or cyclic N) is 1. The number of imide groups is 1. The number of hydrogen-bond donors (Lipinski definition) is 2. The highest BCUT2D eigenvalue weighted by atomic mass is 16.3. The minimum Gasteiger partial charge on any atom is -0.466 e. The van der Waals surface area contributed by atoms with Crippen LogP contribution in [0.4, 0.5) is 4.79 Å². The van der Waals surface area contributed by atoms with Crippen molar-refractivity contribution < 1.29 is 19.1 Å². The Morgan fingerprint density at radius 2 is 2.05 bits per heavy atom. The normalized spacial score (nSPS) is 28.8. The lowest BCUT2D eigenvalue weighted by Crippen LogP contribution is -2.47. The molecule has 1 atom stereocenters. The molecule has 2 heterocycles. The Kier molecular flexibility index (Phi) is 3.28. The zero-order valence-corrected chi connectivity index (χ0v) is 12.1. The molecule has 1 aliphatic carbocycles. The number of carbonyl (C=O) groups is 2. The molecule has 1 aliphatic heterocycles. The van der Waals surface area contributed by atoms with Crippen molar-refractivity contribution >= 4 is 11.9 Å². The first-order valence-corrected chi connectivity index (χ1v) is 7.35. The maximum absolute atomic E-state index is 12.6. The van der Waals surface area contributed by atoms with E-state index in [1.807, 2.05) is 0 Å². The molecule has 1 saturated carbocycles. The van der Waals surface area contributed by atoms with Crippen molar-refractivity contribution in [1.82, 2.24) is 10.2 Å². The smallest absolute Gasteiger partial charge is 0.325 e. The molecule has 1 aromatic rings. The van der Waals surface area contributed by atoms with E-state index in [-0.39, 0.29) is 12.5 Å². The average molecular weight is 292 g/mol. The highest BCUT2D eigenvalue weighted by Gasteiger charge is 2.52. The summed E-state index contributed by atoms with van der Waals surface area (Å²) >= 11 is 0. The van der Waals surface area contributed by atoms with Crippen LogP contribution >= 0.6 is 0 Å². The predicted molar refractivity (Wildman–Crippen MR) is 74.3 cm³/mol. The van der Waals surface area contributed by atoms with Crippen molar-refractivity contribution in [3.63, 3.8) is 0 Å². The van der Waals surface area contributed by atoms with Gasteiger partial charge in [0.15, 0.2) is 5.54 Å². The van der Waals surface area contributed by atoms with E-state index < -0.39 is 17.2 Å². The fourth-order valence-corrected chi connectivity index (χ4v) is 3.23. The van der Waals surface area contributed by atoms with E-state index in [1.54, 1.807) is 19.1 Å². The van der Waals surface area contributed by atoms with E-state index in [0.29, 0.717) is 18.6 Å². The zero-order valence-electron chi connectivity index (χ0n) is 12.1. The Balaban J connectivity index is 1.81. The van der Waals surface area contributed by atoms with E-state index in [2.05, 4.69) is 5.32 Å². The van der Waals surface area contributed by atoms with Crippen molar-refractivity contribution in [3.8, 4) is 0 Å². The standard InChI is InChI=1S/C15H20N2O4/c1-14(11-6-5-9-21-11)12(18)17(13(19)16-14)10-15(20)7-3-2-4-8-15/h5-6,9,20H,2-4,7-8,10H2,1H3,(H,16,19)/t14-/m0/s1. The number of nitrogens with zero attached hydrogens (tertiary/aromatic N) is 1. The lowest BCUT2D eigenvalue weighted by molar-refractivity contribution is -0.134. The molecule has 1 saturated heterocycles. The van der Waals surface area contributed by atoms with Gasteiger partial charge < -0.3 is 14.8 Å². The van der Waals surface area contributed by atoms with Crippen LogP contribution in [0.3, 0.4) is 0 Å². The lowest BCUT2D eigenvalue weighted by atomic mass is 9.84. The van der Waals surface area contributed by atoms with Crippen LogP contribution in [-0.2, 0) is 10.3 Å². The van der Waals surface area contributed by atoms with Crippen molar-refractivity contribution in [3.05, 3.63) is 24.2 Å². The Hall–Kier alpha value is -1.82.